The molecule has 4 aliphatic heterocycles. The van der Waals surface area contributed by atoms with E-state index in [-0.39, 0.29) is 114 Å². The van der Waals surface area contributed by atoms with Gasteiger partial charge in [-0.1, -0.05) is 43.0 Å². The van der Waals surface area contributed by atoms with Crippen molar-refractivity contribution in [3.63, 3.8) is 0 Å². The van der Waals surface area contributed by atoms with Crippen molar-refractivity contribution in [2.24, 2.45) is 5.92 Å². The number of halogens is 2. The summed E-state index contributed by atoms with van der Waals surface area (Å²) in [6, 6.07) is 21.4. The topological polar surface area (TPSA) is 290 Å². The zero-order valence-electron chi connectivity index (χ0n) is 54.6. The van der Waals surface area contributed by atoms with E-state index in [1.54, 1.807) is 53.4 Å². The Hall–Kier alpha value is -7.20. The summed E-state index contributed by atoms with van der Waals surface area (Å²) in [4.78, 5) is 84.5. The van der Waals surface area contributed by atoms with Gasteiger partial charge in [0.25, 0.3) is 0 Å². The summed E-state index contributed by atoms with van der Waals surface area (Å²) in [6.45, 7) is 16.8. The van der Waals surface area contributed by atoms with E-state index in [4.69, 9.17) is 39.2 Å². The summed E-state index contributed by atoms with van der Waals surface area (Å²) < 4.78 is 68.7. The molecule has 96 heavy (non-hydrogen) atoms. The first-order valence-corrected chi connectivity index (χ1v) is 37.3. The lowest BCUT2D eigenvalue weighted by atomic mass is 10.0. The van der Waals surface area contributed by atoms with Gasteiger partial charge in [0.05, 0.1) is 52.4 Å². The maximum Gasteiger partial charge on any atom is 0.315 e. The van der Waals surface area contributed by atoms with Crippen LogP contribution in [0.25, 0.3) is 4.85 Å². The molecule has 0 saturated carbocycles. The zero-order valence-corrected chi connectivity index (χ0v) is 57.7. The monoisotopic (exact) mass is 1400 g/mol. The number of benzene rings is 4. The molecule has 6 atom stereocenters. The molecule has 516 valence electrons. The number of likely N-dealkylation sites (tertiary alicyclic amines) is 3. The molecule has 0 radical (unpaired) electrons. The van der Waals surface area contributed by atoms with Crippen LogP contribution in [0.2, 0.25) is 10.0 Å². The number of piperidine rings is 1. The standard InChI is InChI=1S/C41H54ClN7O8S.C28H33ClN4O4S/c1-43-36-24-28(42)23-35-34(36)25-37(48-20-7-4-8-21-48)40(35)57-32-12-14-33(15-13-32)58(55,56)47-29-18-22-49(27-29)39(53)17-11-31(51)26-46-41(54)45-19-6-3-5-9-30(50)10-16-38(52)44-2;1-2-27(34)33-10-7-19(17-33)18-38(35,36)23-5-3-22(4-6-23)37-28-25-14-21(29)13-20(16-30)24(25)15-26(28)32-11-8-31-9-12-32/h12-15,23-24,29,37,40,47H,3-11,16-22,25-27H2,2H3,(H,44,52)(H2,45,46,54);3-6,13-14,19,26,28,31H,2,7-12,15,17-18H2,1H3/t29-,37+,40+;19-,26+,28+/m11/s1. The van der Waals surface area contributed by atoms with Crippen molar-refractivity contribution in [2.75, 3.05) is 91.3 Å². The van der Waals surface area contributed by atoms with Crippen molar-refractivity contribution in [2.45, 2.75) is 150 Å². The molecule has 10 rings (SSSR count). The summed E-state index contributed by atoms with van der Waals surface area (Å²) in [5.74, 6) is 0.401. The lowest BCUT2D eigenvalue weighted by molar-refractivity contribution is -0.132. The molecule has 0 bridgehead atoms. The van der Waals surface area contributed by atoms with Crippen LogP contribution < -0.4 is 35.5 Å². The average Bonchev–Trinajstić information content (AvgIpc) is 1.62. The summed E-state index contributed by atoms with van der Waals surface area (Å²) in [5, 5.41) is 21.7. The molecular weight excluding hydrogens is 1310 g/mol. The van der Waals surface area contributed by atoms with Crippen LogP contribution in [-0.2, 0) is 56.7 Å². The lowest BCUT2D eigenvalue weighted by Gasteiger charge is -2.36. The molecule has 0 unspecified atom stereocenters. The fraction of sp³-hybridized carbons (Fsp3) is 0.536. The number of piperazine rings is 1. The number of fused-ring (bicyclic) bond motifs is 2. The molecular formula is C69H87Cl2N11O12S2. The Morgan fingerprint density at radius 1 is 0.677 bits per heavy atom. The lowest BCUT2D eigenvalue weighted by Crippen LogP contribution is -2.50. The number of nitrogens with zero attached hydrogens (tertiary/aromatic N) is 6. The summed E-state index contributed by atoms with van der Waals surface area (Å²) in [7, 11) is -5.89. The summed E-state index contributed by atoms with van der Waals surface area (Å²) >= 11 is 12.8. The van der Waals surface area contributed by atoms with Crippen LogP contribution in [0.15, 0.2) is 82.6 Å². The van der Waals surface area contributed by atoms with E-state index in [9.17, 15) is 50.9 Å². The van der Waals surface area contributed by atoms with E-state index < -0.39 is 31.9 Å². The predicted octanol–water partition coefficient (Wildman–Crippen LogP) is 7.80. The number of amides is 5. The third kappa shape index (κ3) is 19.5. The minimum atomic E-state index is -3.92. The number of carbonyl (C=O) groups excluding carboxylic acids is 6. The van der Waals surface area contributed by atoms with Gasteiger partial charge < -0.3 is 40.5 Å². The number of ether oxygens (including phenoxy) is 2. The molecule has 23 nitrogen and oxygen atoms in total. The molecule has 5 amide bonds. The highest BCUT2D eigenvalue weighted by molar-refractivity contribution is 7.91. The largest absolute Gasteiger partial charge is 0.484 e. The fourth-order valence-corrected chi connectivity index (χ4v) is 17.0. The number of hydrogen-bond acceptors (Lipinski definition) is 16. The summed E-state index contributed by atoms with van der Waals surface area (Å²) in [6.07, 6.45) is 8.35. The number of hydrogen-bond donors (Lipinski definition) is 5. The number of carbonyl (C=O) groups is 6. The van der Waals surface area contributed by atoms with Crippen LogP contribution >= 0.6 is 23.2 Å². The zero-order chi connectivity index (χ0) is 68.5. The minimum Gasteiger partial charge on any atom is -0.484 e. The molecule has 4 fully saturated rings. The molecule has 5 N–H and O–H groups in total. The van der Waals surface area contributed by atoms with Crippen molar-refractivity contribution >= 4 is 84.1 Å². The third-order valence-corrected chi connectivity index (χ3v) is 22.7. The molecule has 2 aliphatic carbocycles. The SMILES string of the molecule is CCC(=O)N1CC[C@@H](CS(=O)(=O)c2ccc(O[C@H]3c4cc(Cl)cc(C#N)c4C[C@@H]3N3CCNCC3)cc2)C1.[C-]#[N+]c1cc(Cl)cc2c1C[C@H](N1CCCCC1)[C@H]2Oc1ccc(S(=O)(=O)N[C@@H]2CCN(C(=O)CCC(=O)CNC(=O)NCCCCCC(=O)CCC(=O)NC)C2)cc1. The fourth-order valence-electron chi connectivity index (χ4n) is 13.7. The molecule has 4 aromatic rings. The van der Waals surface area contributed by atoms with Gasteiger partial charge in [0, 0.05) is 121 Å². The second-order valence-corrected chi connectivity index (χ2v) is 30.1. The highest BCUT2D eigenvalue weighted by atomic mass is 35.5. The van der Waals surface area contributed by atoms with Crippen molar-refractivity contribution in [1.82, 2.24) is 45.6 Å². The Balaban J connectivity index is 0.000000245. The molecule has 4 aromatic carbocycles. The predicted molar refractivity (Wildman–Crippen MR) is 363 cm³/mol. The van der Waals surface area contributed by atoms with Crippen LogP contribution in [0.1, 0.15) is 137 Å². The number of nitriles is 1. The van der Waals surface area contributed by atoms with Crippen molar-refractivity contribution in [3.05, 3.63) is 122 Å². The second kappa shape index (κ2) is 34.3. The van der Waals surface area contributed by atoms with E-state index in [2.05, 4.69) is 46.7 Å². The Bertz CT molecular complexity index is 3760. The van der Waals surface area contributed by atoms with Gasteiger partial charge in [-0.3, -0.25) is 33.8 Å². The molecule has 0 aromatic heterocycles. The number of sulfone groups is 1. The Kier molecular flexibility index (Phi) is 26.1. The van der Waals surface area contributed by atoms with Crippen LogP contribution in [0.4, 0.5) is 10.5 Å². The number of urea groups is 1. The van der Waals surface area contributed by atoms with Gasteiger partial charge in [0.2, 0.25) is 27.7 Å². The van der Waals surface area contributed by atoms with Crippen molar-refractivity contribution < 1.29 is 55.1 Å². The highest BCUT2D eigenvalue weighted by Crippen LogP contribution is 2.45. The maximum absolute atomic E-state index is 13.4. The smallest absolute Gasteiger partial charge is 0.315 e. The van der Waals surface area contributed by atoms with E-state index in [0.29, 0.717) is 110 Å². The Morgan fingerprint density at radius 2 is 1.28 bits per heavy atom. The second-order valence-electron chi connectivity index (χ2n) is 25.4. The normalized spacial score (nSPS) is 21.0. The minimum absolute atomic E-state index is 0.0250. The van der Waals surface area contributed by atoms with Gasteiger partial charge in [-0.2, -0.15) is 5.26 Å². The molecule has 0 spiro atoms. The van der Waals surface area contributed by atoms with Crippen LogP contribution in [-0.4, -0.2) is 181 Å². The first kappa shape index (κ1) is 73.1. The number of unbranched alkanes of at least 4 members (excludes halogenated alkanes) is 2. The van der Waals surface area contributed by atoms with Gasteiger partial charge in [-0.25, -0.2) is 31.2 Å². The average molecular weight is 1400 g/mol. The molecule has 4 heterocycles. The van der Waals surface area contributed by atoms with Crippen molar-refractivity contribution in [3.8, 4) is 17.6 Å². The third-order valence-electron chi connectivity index (χ3n) is 18.8. The van der Waals surface area contributed by atoms with E-state index in [1.165, 1.54) is 30.5 Å². The number of sulfonamides is 1. The molecule has 6 aliphatic rings. The van der Waals surface area contributed by atoms with E-state index >= 15 is 0 Å². The van der Waals surface area contributed by atoms with Gasteiger partial charge in [0.15, 0.2) is 21.3 Å². The number of rotatable bonds is 27. The van der Waals surface area contributed by atoms with E-state index in [1.807, 2.05) is 19.1 Å². The molecule has 4 saturated heterocycles. The highest BCUT2D eigenvalue weighted by Gasteiger charge is 2.42. The maximum atomic E-state index is 13.4. The Labute approximate surface area is 573 Å². The van der Waals surface area contributed by atoms with Gasteiger partial charge in [0.1, 0.15) is 29.5 Å². The first-order chi connectivity index (χ1) is 46.1. The van der Waals surface area contributed by atoms with Crippen molar-refractivity contribution in [1.29, 1.82) is 5.26 Å². The number of nitrogens with one attached hydrogen (secondary N) is 5. The number of ketones is 2. The van der Waals surface area contributed by atoms with Gasteiger partial charge in [-0.05, 0) is 165 Å². The molecule has 27 heteroatoms. The van der Waals surface area contributed by atoms with Crippen LogP contribution in [0.5, 0.6) is 11.5 Å². The quantitative estimate of drug-likeness (QED) is 0.0281. The van der Waals surface area contributed by atoms with Gasteiger partial charge in [-0.15, -0.1) is 0 Å². The number of Topliss-reactive ketones (excluding diaryl/α,β-unsaturated/α-hetero) is 2. The van der Waals surface area contributed by atoms with Crippen LogP contribution in [0.3, 0.4) is 0 Å². The van der Waals surface area contributed by atoms with E-state index in [0.717, 1.165) is 80.8 Å². The first-order valence-electron chi connectivity index (χ1n) is 33.4. The van der Waals surface area contributed by atoms with Crippen LogP contribution in [0, 0.1) is 23.8 Å². The van der Waals surface area contributed by atoms with Gasteiger partial charge >= 0.3 is 6.03 Å². The Morgan fingerprint density at radius 3 is 1.93 bits per heavy atom. The summed E-state index contributed by atoms with van der Waals surface area (Å²) in [5.41, 5.74) is 4.83.